The highest BCUT2D eigenvalue weighted by Crippen LogP contribution is 2.13. The quantitative estimate of drug-likeness (QED) is 0.763. The fourth-order valence-corrected chi connectivity index (χ4v) is 3.33. The molecular weight excluding hydrogens is 320 g/mol. The third-order valence-electron chi connectivity index (χ3n) is 3.27. The minimum absolute atomic E-state index is 0.271. The van der Waals surface area contributed by atoms with Crippen molar-refractivity contribution in [2.75, 3.05) is 6.54 Å². The molecule has 2 N–H and O–H groups in total. The average molecular weight is 339 g/mol. The van der Waals surface area contributed by atoms with Crippen molar-refractivity contribution in [3.63, 3.8) is 0 Å². The lowest BCUT2D eigenvalue weighted by atomic mass is 10.1. The van der Waals surface area contributed by atoms with Crippen molar-refractivity contribution >= 4 is 21.8 Å². The van der Waals surface area contributed by atoms with Gasteiger partial charge in [0.2, 0.25) is 10.0 Å². The van der Waals surface area contributed by atoms with Crippen LogP contribution in [0.4, 0.5) is 0 Å². The first-order valence-electron chi connectivity index (χ1n) is 6.99. The van der Waals surface area contributed by atoms with Crippen LogP contribution in [-0.2, 0) is 23.0 Å². The van der Waals surface area contributed by atoms with E-state index in [-0.39, 0.29) is 11.4 Å². The molecule has 0 amide bonds. The first-order chi connectivity index (χ1) is 10.5. The third kappa shape index (κ3) is 4.81. The number of aryl methyl sites for hydroxylation is 1. The summed E-state index contributed by atoms with van der Waals surface area (Å²) in [6.45, 7) is 2.84. The van der Waals surface area contributed by atoms with Crippen LogP contribution >= 0.6 is 11.8 Å². The van der Waals surface area contributed by atoms with Gasteiger partial charge in [0, 0.05) is 13.1 Å². The normalized spacial score (nSPS) is 11.5. The number of sulfonamides is 1. The second-order valence-corrected chi connectivity index (χ2v) is 7.13. The molecule has 4 nitrogen and oxygen atoms in total. The van der Waals surface area contributed by atoms with Gasteiger partial charge in [0.25, 0.3) is 0 Å². The van der Waals surface area contributed by atoms with Crippen LogP contribution in [-0.4, -0.2) is 15.0 Å². The highest BCUT2D eigenvalue weighted by molar-refractivity contribution is 7.89. The average Bonchev–Trinajstić information content (AvgIpc) is 2.51. The van der Waals surface area contributed by atoms with Crippen molar-refractivity contribution < 1.29 is 8.42 Å². The lowest BCUT2D eigenvalue weighted by Gasteiger charge is -2.09. The van der Waals surface area contributed by atoms with E-state index in [2.05, 4.69) is 9.56 Å². The Kier molecular flexibility index (Phi) is 5.97. The summed E-state index contributed by atoms with van der Waals surface area (Å²) < 4.78 is 27.4. The number of nitrogens with one attached hydrogen (secondary N) is 2. The van der Waals surface area contributed by atoms with Crippen LogP contribution in [0.1, 0.15) is 16.7 Å². The predicted octanol–water partition coefficient (Wildman–Crippen LogP) is 2.76. The molecule has 0 bridgehead atoms. The zero-order chi connectivity index (χ0) is 16.0. The molecule has 0 atom stereocenters. The molecular formula is C16H19ClN2O2S. The Morgan fingerprint density at radius 1 is 1.05 bits per heavy atom. The summed E-state index contributed by atoms with van der Waals surface area (Å²) >= 11 is 5.43. The summed E-state index contributed by atoms with van der Waals surface area (Å²) in [7, 11) is -3.52. The second-order valence-electron chi connectivity index (χ2n) is 5.09. The number of benzene rings is 2. The highest BCUT2D eigenvalue weighted by Gasteiger charge is 2.14. The van der Waals surface area contributed by atoms with Gasteiger partial charge in [-0.05, 0) is 48.4 Å². The van der Waals surface area contributed by atoms with Crippen molar-refractivity contribution in [1.82, 2.24) is 9.56 Å². The molecule has 118 valence electrons. The fraction of sp³-hybridized carbons (Fsp3) is 0.250. The van der Waals surface area contributed by atoms with Gasteiger partial charge < -0.3 is 0 Å². The molecule has 2 aromatic rings. The van der Waals surface area contributed by atoms with E-state index in [1.165, 1.54) is 0 Å². The molecule has 0 aromatic heterocycles. The lowest BCUT2D eigenvalue weighted by molar-refractivity contribution is 0.581. The lowest BCUT2D eigenvalue weighted by Crippen LogP contribution is -2.23. The first-order valence-corrected chi connectivity index (χ1v) is 8.85. The zero-order valence-electron chi connectivity index (χ0n) is 12.3. The summed E-state index contributed by atoms with van der Waals surface area (Å²) in [5.74, 6) is 0. The van der Waals surface area contributed by atoms with Gasteiger partial charge in [-0.15, -0.1) is 0 Å². The fourth-order valence-electron chi connectivity index (χ4n) is 2.14. The van der Waals surface area contributed by atoms with Gasteiger partial charge in [-0.2, -0.15) is 0 Å². The Morgan fingerprint density at radius 3 is 2.50 bits per heavy atom. The van der Waals surface area contributed by atoms with Gasteiger partial charge >= 0.3 is 0 Å². The van der Waals surface area contributed by atoms with Crippen LogP contribution in [0.5, 0.6) is 0 Å². The smallest absolute Gasteiger partial charge is 0.233 e. The summed E-state index contributed by atoms with van der Waals surface area (Å²) in [6, 6.07) is 14.6. The Hall–Kier alpha value is -1.40. The Labute approximate surface area is 136 Å². The molecule has 0 unspecified atom stereocenters. The van der Waals surface area contributed by atoms with E-state index in [1.54, 1.807) is 18.2 Å². The molecule has 0 heterocycles. The molecule has 0 aliphatic heterocycles. The van der Waals surface area contributed by atoms with Gasteiger partial charge in [0.15, 0.2) is 0 Å². The minimum atomic E-state index is -3.52. The molecule has 0 spiro atoms. The maximum atomic E-state index is 12.4. The topological polar surface area (TPSA) is 58.2 Å². The van der Waals surface area contributed by atoms with Crippen LogP contribution in [0.25, 0.3) is 0 Å². The van der Waals surface area contributed by atoms with Crippen molar-refractivity contribution in [3.8, 4) is 0 Å². The van der Waals surface area contributed by atoms with Crippen molar-refractivity contribution in [3.05, 3.63) is 65.2 Å². The Balaban J connectivity index is 2.09. The molecule has 0 aliphatic rings. The summed E-state index contributed by atoms with van der Waals surface area (Å²) in [5.41, 5.74) is 2.96. The number of halogens is 1. The monoisotopic (exact) mass is 338 g/mol. The molecule has 0 radical (unpaired) electrons. The highest BCUT2D eigenvalue weighted by atomic mass is 35.5. The van der Waals surface area contributed by atoms with Crippen LogP contribution in [0.2, 0.25) is 0 Å². The summed E-state index contributed by atoms with van der Waals surface area (Å²) in [4.78, 5) is 2.80. The van der Waals surface area contributed by atoms with Crippen molar-refractivity contribution in [2.24, 2.45) is 0 Å². The molecule has 0 fully saturated rings. The number of hydrogen-bond donors (Lipinski definition) is 2. The van der Waals surface area contributed by atoms with E-state index in [9.17, 15) is 8.42 Å². The number of rotatable bonds is 7. The standard InChI is InChI=1S/C16H19ClN2O2S/c1-13-4-2-6-15(10-13)12-19-22(20,21)16-7-3-5-14(11-16)8-9-18-17/h2-7,10-11,18-19H,8-9,12H2,1H3. The van der Waals surface area contributed by atoms with Gasteiger partial charge in [-0.3, -0.25) is 0 Å². The van der Waals surface area contributed by atoms with Gasteiger partial charge in [0.1, 0.15) is 0 Å². The van der Waals surface area contributed by atoms with E-state index in [0.717, 1.165) is 16.7 Å². The second kappa shape index (κ2) is 7.74. The van der Waals surface area contributed by atoms with Crippen LogP contribution in [0.3, 0.4) is 0 Å². The summed E-state index contributed by atoms with van der Waals surface area (Å²) in [5, 5.41) is 0. The first kappa shape index (κ1) is 17.0. The predicted molar refractivity (Wildman–Crippen MR) is 89.2 cm³/mol. The van der Waals surface area contributed by atoms with E-state index in [0.29, 0.717) is 13.0 Å². The Bertz CT molecular complexity index is 732. The van der Waals surface area contributed by atoms with Crippen LogP contribution in [0, 0.1) is 6.92 Å². The van der Waals surface area contributed by atoms with E-state index < -0.39 is 10.0 Å². The maximum absolute atomic E-state index is 12.4. The SMILES string of the molecule is Cc1cccc(CNS(=O)(=O)c2cccc(CCNCl)c2)c1. The largest absolute Gasteiger partial charge is 0.240 e. The van der Waals surface area contributed by atoms with E-state index in [4.69, 9.17) is 11.8 Å². The van der Waals surface area contributed by atoms with E-state index in [1.807, 2.05) is 37.3 Å². The maximum Gasteiger partial charge on any atom is 0.240 e. The molecule has 6 heteroatoms. The number of hydrogen-bond acceptors (Lipinski definition) is 3. The van der Waals surface area contributed by atoms with Crippen LogP contribution in [0.15, 0.2) is 53.4 Å². The summed E-state index contributed by atoms with van der Waals surface area (Å²) in [6.07, 6.45) is 0.671. The molecule has 0 aliphatic carbocycles. The Morgan fingerprint density at radius 2 is 1.77 bits per heavy atom. The minimum Gasteiger partial charge on any atom is -0.233 e. The zero-order valence-corrected chi connectivity index (χ0v) is 13.9. The van der Waals surface area contributed by atoms with Crippen LogP contribution < -0.4 is 9.56 Å². The van der Waals surface area contributed by atoms with Gasteiger partial charge in [0.05, 0.1) is 4.90 Å². The third-order valence-corrected chi connectivity index (χ3v) is 4.85. The van der Waals surface area contributed by atoms with E-state index >= 15 is 0 Å². The van der Waals surface area contributed by atoms with Crippen molar-refractivity contribution in [1.29, 1.82) is 0 Å². The van der Waals surface area contributed by atoms with Gasteiger partial charge in [-0.1, -0.05) is 42.0 Å². The molecule has 22 heavy (non-hydrogen) atoms. The van der Waals surface area contributed by atoms with Crippen molar-refractivity contribution in [2.45, 2.75) is 24.8 Å². The molecule has 2 aromatic carbocycles. The molecule has 0 saturated carbocycles. The molecule has 2 rings (SSSR count). The molecule has 0 saturated heterocycles. The van der Waals surface area contributed by atoms with Gasteiger partial charge in [-0.25, -0.2) is 18.0 Å².